The van der Waals surface area contributed by atoms with Gasteiger partial charge >= 0.3 is 6.18 Å². The Balaban J connectivity index is 2.21. The molecule has 0 unspecified atom stereocenters. The highest BCUT2D eigenvalue weighted by atomic mass is 19.4. The molecule has 0 amide bonds. The van der Waals surface area contributed by atoms with E-state index in [-0.39, 0.29) is 24.0 Å². The van der Waals surface area contributed by atoms with E-state index in [0.717, 1.165) is 19.3 Å². The third-order valence-corrected chi connectivity index (χ3v) is 3.34. The maximum absolute atomic E-state index is 11.9. The number of hydrogen-bond donors (Lipinski definition) is 1. The zero-order chi connectivity index (χ0) is 12.2. The van der Waals surface area contributed by atoms with Crippen LogP contribution >= 0.6 is 0 Å². The van der Waals surface area contributed by atoms with Crippen molar-refractivity contribution >= 4 is 5.78 Å². The van der Waals surface area contributed by atoms with Gasteiger partial charge in [0, 0.05) is 19.3 Å². The molecule has 0 heterocycles. The van der Waals surface area contributed by atoms with Gasteiger partial charge in [0.15, 0.2) is 0 Å². The van der Waals surface area contributed by atoms with Crippen LogP contribution in [0.2, 0.25) is 0 Å². The van der Waals surface area contributed by atoms with E-state index in [1.165, 1.54) is 0 Å². The van der Waals surface area contributed by atoms with Crippen LogP contribution in [0.1, 0.15) is 44.9 Å². The SMILES string of the molecule is NCC1(CC(=O)CCCC(F)(F)F)CCC1. The summed E-state index contributed by atoms with van der Waals surface area (Å²) in [5, 5.41) is 0. The lowest BCUT2D eigenvalue weighted by molar-refractivity contribution is -0.137. The highest BCUT2D eigenvalue weighted by molar-refractivity contribution is 5.79. The molecule has 5 heteroatoms. The van der Waals surface area contributed by atoms with Gasteiger partial charge in [-0.05, 0) is 31.2 Å². The molecule has 0 radical (unpaired) electrons. The molecule has 1 fully saturated rings. The van der Waals surface area contributed by atoms with E-state index in [1.54, 1.807) is 0 Å². The molecule has 0 saturated heterocycles. The first-order valence-corrected chi connectivity index (χ1v) is 5.65. The Hall–Kier alpha value is -0.580. The molecule has 16 heavy (non-hydrogen) atoms. The number of alkyl halides is 3. The summed E-state index contributed by atoms with van der Waals surface area (Å²) in [5.41, 5.74) is 5.49. The number of carbonyl (C=O) groups is 1. The number of carbonyl (C=O) groups excluding carboxylic acids is 1. The van der Waals surface area contributed by atoms with Crippen molar-refractivity contribution in [2.45, 2.75) is 51.1 Å². The number of nitrogens with two attached hydrogens (primary N) is 1. The fourth-order valence-electron chi connectivity index (χ4n) is 2.12. The molecule has 0 aromatic carbocycles. The van der Waals surface area contributed by atoms with Crippen molar-refractivity contribution in [3.63, 3.8) is 0 Å². The summed E-state index contributed by atoms with van der Waals surface area (Å²) in [6, 6.07) is 0. The average molecular weight is 237 g/mol. The number of ketones is 1. The van der Waals surface area contributed by atoms with Crippen LogP contribution in [0.5, 0.6) is 0 Å². The van der Waals surface area contributed by atoms with Crippen LogP contribution < -0.4 is 5.73 Å². The summed E-state index contributed by atoms with van der Waals surface area (Å²) < 4.78 is 35.6. The minimum absolute atomic E-state index is 0.0290. The summed E-state index contributed by atoms with van der Waals surface area (Å²) in [4.78, 5) is 11.5. The van der Waals surface area contributed by atoms with Crippen molar-refractivity contribution in [3.05, 3.63) is 0 Å². The second-order valence-electron chi connectivity index (χ2n) is 4.74. The van der Waals surface area contributed by atoms with Crippen molar-refractivity contribution in [3.8, 4) is 0 Å². The maximum atomic E-state index is 11.9. The van der Waals surface area contributed by atoms with E-state index in [0.29, 0.717) is 13.0 Å². The fraction of sp³-hybridized carbons (Fsp3) is 0.909. The number of rotatable bonds is 6. The molecule has 0 bridgehead atoms. The predicted octanol–water partition coefficient (Wildman–Crippen LogP) is 2.81. The van der Waals surface area contributed by atoms with Gasteiger partial charge in [-0.3, -0.25) is 4.79 Å². The maximum Gasteiger partial charge on any atom is 0.389 e. The Kier molecular flexibility index (Phi) is 4.35. The Labute approximate surface area is 93.4 Å². The van der Waals surface area contributed by atoms with Crippen molar-refractivity contribution in [1.82, 2.24) is 0 Å². The number of halogens is 3. The van der Waals surface area contributed by atoms with Crippen molar-refractivity contribution in [2.75, 3.05) is 6.54 Å². The molecule has 0 atom stereocenters. The average Bonchev–Trinajstić information content (AvgIpc) is 2.09. The van der Waals surface area contributed by atoms with Crippen molar-refractivity contribution in [2.24, 2.45) is 11.1 Å². The van der Waals surface area contributed by atoms with Gasteiger partial charge in [0.2, 0.25) is 0 Å². The van der Waals surface area contributed by atoms with E-state index in [1.807, 2.05) is 0 Å². The molecule has 0 spiro atoms. The Morgan fingerprint density at radius 2 is 1.94 bits per heavy atom. The second kappa shape index (κ2) is 5.17. The first-order chi connectivity index (χ1) is 7.37. The highest BCUT2D eigenvalue weighted by Gasteiger charge is 2.37. The van der Waals surface area contributed by atoms with Crippen LogP contribution in [0.4, 0.5) is 13.2 Å². The van der Waals surface area contributed by atoms with Gasteiger partial charge in [0.1, 0.15) is 5.78 Å². The van der Waals surface area contributed by atoms with Gasteiger partial charge in [-0.15, -0.1) is 0 Å². The normalized spacial score (nSPS) is 19.2. The van der Waals surface area contributed by atoms with Gasteiger partial charge in [-0.1, -0.05) is 6.42 Å². The third-order valence-electron chi connectivity index (χ3n) is 3.34. The third kappa shape index (κ3) is 4.12. The fourth-order valence-corrected chi connectivity index (χ4v) is 2.12. The topological polar surface area (TPSA) is 43.1 Å². The highest BCUT2D eigenvalue weighted by Crippen LogP contribution is 2.43. The number of Topliss-reactive ketones (excluding diaryl/α,β-unsaturated/α-hetero) is 1. The molecular formula is C11H18F3NO. The van der Waals surface area contributed by atoms with Crippen LogP contribution in [0.25, 0.3) is 0 Å². The molecule has 2 nitrogen and oxygen atoms in total. The molecule has 0 aromatic rings. The quantitative estimate of drug-likeness (QED) is 0.771. The molecular weight excluding hydrogens is 219 g/mol. The first kappa shape index (κ1) is 13.5. The van der Waals surface area contributed by atoms with Gasteiger partial charge in [-0.25, -0.2) is 0 Å². The van der Waals surface area contributed by atoms with Gasteiger partial charge in [0.05, 0.1) is 0 Å². The van der Waals surface area contributed by atoms with Crippen LogP contribution in [0, 0.1) is 5.41 Å². The lowest BCUT2D eigenvalue weighted by atomic mass is 9.65. The summed E-state index contributed by atoms with van der Waals surface area (Å²) >= 11 is 0. The van der Waals surface area contributed by atoms with E-state index in [4.69, 9.17) is 5.73 Å². The smallest absolute Gasteiger partial charge is 0.330 e. The standard InChI is InChI=1S/C11H18F3NO/c12-11(13,14)6-1-3-9(16)7-10(8-15)4-2-5-10/h1-8,15H2. The molecule has 0 aliphatic heterocycles. The van der Waals surface area contributed by atoms with E-state index in [2.05, 4.69) is 0 Å². The van der Waals surface area contributed by atoms with E-state index < -0.39 is 12.6 Å². The van der Waals surface area contributed by atoms with Gasteiger partial charge < -0.3 is 5.73 Å². The lowest BCUT2D eigenvalue weighted by Gasteiger charge is -2.40. The molecule has 0 aromatic heterocycles. The minimum Gasteiger partial charge on any atom is -0.330 e. The second-order valence-corrected chi connectivity index (χ2v) is 4.74. The van der Waals surface area contributed by atoms with Gasteiger partial charge in [0.25, 0.3) is 0 Å². The summed E-state index contributed by atoms with van der Waals surface area (Å²) in [6.45, 7) is 0.470. The zero-order valence-electron chi connectivity index (χ0n) is 9.28. The van der Waals surface area contributed by atoms with Crippen molar-refractivity contribution in [1.29, 1.82) is 0 Å². The molecule has 94 valence electrons. The number of hydrogen-bond acceptors (Lipinski definition) is 2. The Morgan fingerprint density at radius 1 is 1.31 bits per heavy atom. The van der Waals surface area contributed by atoms with Gasteiger partial charge in [-0.2, -0.15) is 13.2 Å². The van der Waals surface area contributed by atoms with Crippen LogP contribution in [-0.2, 0) is 4.79 Å². The Bertz CT molecular complexity index is 241. The Morgan fingerprint density at radius 3 is 2.31 bits per heavy atom. The minimum atomic E-state index is -4.15. The molecule has 2 N–H and O–H groups in total. The van der Waals surface area contributed by atoms with E-state index >= 15 is 0 Å². The predicted molar refractivity (Wildman–Crippen MR) is 54.9 cm³/mol. The lowest BCUT2D eigenvalue weighted by Crippen LogP contribution is -2.39. The summed E-state index contributed by atoms with van der Waals surface area (Å²) in [5.74, 6) is -0.0746. The largest absolute Gasteiger partial charge is 0.389 e. The van der Waals surface area contributed by atoms with Crippen LogP contribution in [0.15, 0.2) is 0 Å². The first-order valence-electron chi connectivity index (χ1n) is 5.65. The molecule has 1 rings (SSSR count). The van der Waals surface area contributed by atoms with Crippen LogP contribution in [0.3, 0.4) is 0 Å². The van der Waals surface area contributed by atoms with Crippen molar-refractivity contribution < 1.29 is 18.0 Å². The molecule has 1 saturated carbocycles. The summed E-state index contributed by atoms with van der Waals surface area (Å²) in [7, 11) is 0. The monoisotopic (exact) mass is 237 g/mol. The zero-order valence-corrected chi connectivity index (χ0v) is 9.28. The summed E-state index contributed by atoms with van der Waals surface area (Å²) in [6.07, 6.45) is -1.77. The molecule has 1 aliphatic carbocycles. The van der Waals surface area contributed by atoms with E-state index in [9.17, 15) is 18.0 Å². The molecule has 1 aliphatic rings. The van der Waals surface area contributed by atoms with Crippen LogP contribution in [-0.4, -0.2) is 18.5 Å².